The highest BCUT2D eigenvalue weighted by Crippen LogP contribution is 2.20. The number of benzene rings is 1. The summed E-state index contributed by atoms with van der Waals surface area (Å²) in [7, 11) is 0. The molecule has 0 aliphatic carbocycles. The van der Waals surface area contributed by atoms with Gasteiger partial charge >= 0.3 is 5.97 Å². The second-order valence-electron chi connectivity index (χ2n) is 3.21. The summed E-state index contributed by atoms with van der Waals surface area (Å²) < 4.78 is 0. The van der Waals surface area contributed by atoms with Gasteiger partial charge in [0.15, 0.2) is 0 Å². The number of carboxylic acid groups (broad SMARTS) is 1. The van der Waals surface area contributed by atoms with E-state index in [1.165, 1.54) is 0 Å². The SMILES string of the molecule is Cc1c(O)cccc1CC(N)C(=O)O. The van der Waals surface area contributed by atoms with Crippen LogP contribution >= 0.6 is 0 Å². The molecule has 1 aromatic rings. The molecule has 76 valence electrons. The minimum absolute atomic E-state index is 0.167. The average Bonchev–Trinajstić information content (AvgIpc) is 2.12. The molecule has 0 saturated carbocycles. The zero-order valence-electron chi connectivity index (χ0n) is 7.90. The highest BCUT2D eigenvalue weighted by molar-refractivity contribution is 5.73. The number of hydrogen-bond acceptors (Lipinski definition) is 3. The summed E-state index contributed by atoms with van der Waals surface area (Å²) in [6, 6.07) is 4.07. The fourth-order valence-corrected chi connectivity index (χ4v) is 1.22. The summed E-state index contributed by atoms with van der Waals surface area (Å²) in [6.07, 6.45) is 0.232. The van der Waals surface area contributed by atoms with Crippen molar-refractivity contribution >= 4 is 5.97 Å². The van der Waals surface area contributed by atoms with Crippen LogP contribution in [0, 0.1) is 6.92 Å². The van der Waals surface area contributed by atoms with Crippen LogP contribution in [-0.4, -0.2) is 22.2 Å². The Bertz CT molecular complexity index is 349. The van der Waals surface area contributed by atoms with E-state index in [0.717, 1.165) is 5.56 Å². The lowest BCUT2D eigenvalue weighted by molar-refractivity contribution is -0.138. The number of hydrogen-bond donors (Lipinski definition) is 3. The number of aliphatic carboxylic acids is 1. The standard InChI is InChI=1S/C10H13NO3/c1-6-7(3-2-4-9(6)12)5-8(11)10(13)14/h2-4,8,12H,5,11H2,1H3,(H,13,14). The van der Waals surface area contributed by atoms with Crippen LogP contribution in [0.25, 0.3) is 0 Å². The molecule has 0 aliphatic rings. The third-order valence-electron chi connectivity index (χ3n) is 2.17. The number of aromatic hydroxyl groups is 1. The van der Waals surface area contributed by atoms with Gasteiger partial charge in [-0.1, -0.05) is 12.1 Å². The van der Waals surface area contributed by atoms with Crippen molar-refractivity contribution in [2.45, 2.75) is 19.4 Å². The lowest BCUT2D eigenvalue weighted by atomic mass is 10.0. The Morgan fingerprint density at radius 1 is 1.57 bits per heavy atom. The van der Waals surface area contributed by atoms with E-state index in [-0.39, 0.29) is 12.2 Å². The maximum atomic E-state index is 10.5. The van der Waals surface area contributed by atoms with Crippen molar-refractivity contribution in [1.29, 1.82) is 0 Å². The molecule has 0 saturated heterocycles. The van der Waals surface area contributed by atoms with E-state index < -0.39 is 12.0 Å². The number of rotatable bonds is 3. The predicted octanol–water partition coefficient (Wildman–Crippen LogP) is 0.655. The van der Waals surface area contributed by atoms with Crippen molar-refractivity contribution in [2.75, 3.05) is 0 Å². The molecular formula is C10H13NO3. The molecule has 0 heterocycles. The van der Waals surface area contributed by atoms with Crippen molar-refractivity contribution < 1.29 is 15.0 Å². The van der Waals surface area contributed by atoms with Crippen LogP contribution in [0.2, 0.25) is 0 Å². The minimum Gasteiger partial charge on any atom is -0.508 e. The summed E-state index contributed by atoms with van der Waals surface area (Å²) in [5.41, 5.74) is 6.83. The summed E-state index contributed by atoms with van der Waals surface area (Å²) in [4.78, 5) is 10.5. The number of phenolic OH excluding ortho intramolecular Hbond substituents is 1. The molecule has 0 radical (unpaired) electrons. The van der Waals surface area contributed by atoms with Crippen LogP contribution in [0.15, 0.2) is 18.2 Å². The van der Waals surface area contributed by atoms with E-state index in [1.807, 2.05) is 0 Å². The summed E-state index contributed by atoms with van der Waals surface area (Å²) in [5, 5.41) is 18.0. The summed E-state index contributed by atoms with van der Waals surface area (Å²) >= 11 is 0. The number of phenols is 1. The third-order valence-corrected chi connectivity index (χ3v) is 2.17. The molecule has 1 aromatic carbocycles. The molecule has 4 heteroatoms. The first-order chi connectivity index (χ1) is 6.52. The van der Waals surface area contributed by atoms with E-state index in [2.05, 4.69) is 0 Å². The van der Waals surface area contributed by atoms with Gasteiger partial charge in [0.2, 0.25) is 0 Å². The summed E-state index contributed by atoms with van der Waals surface area (Å²) in [6.45, 7) is 1.74. The average molecular weight is 195 g/mol. The first-order valence-corrected chi connectivity index (χ1v) is 4.28. The minimum atomic E-state index is -1.03. The van der Waals surface area contributed by atoms with Crippen molar-refractivity contribution in [3.63, 3.8) is 0 Å². The van der Waals surface area contributed by atoms with Crippen LogP contribution in [0.3, 0.4) is 0 Å². The van der Waals surface area contributed by atoms with E-state index in [1.54, 1.807) is 25.1 Å². The van der Waals surface area contributed by atoms with Gasteiger partial charge in [-0.05, 0) is 30.5 Å². The van der Waals surface area contributed by atoms with Crippen molar-refractivity contribution in [1.82, 2.24) is 0 Å². The quantitative estimate of drug-likeness (QED) is 0.661. The van der Waals surface area contributed by atoms with Crippen LogP contribution in [0.4, 0.5) is 0 Å². The predicted molar refractivity (Wildman–Crippen MR) is 52.2 cm³/mol. The van der Waals surface area contributed by atoms with E-state index in [9.17, 15) is 9.90 Å². The Balaban J connectivity index is 2.87. The number of carbonyl (C=O) groups is 1. The fraction of sp³-hybridized carbons (Fsp3) is 0.300. The van der Waals surface area contributed by atoms with E-state index >= 15 is 0 Å². The highest BCUT2D eigenvalue weighted by atomic mass is 16.4. The molecule has 14 heavy (non-hydrogen) atoms. The highest BCUT2D eigenvalue weighted by Gasteiger charge is 2.14. The van der Waals surface area contributed by atoms with Crippen LogP contribution in [0.5, 0.6) is 5.75 Å². The molecule has 0 amide bonds. The molecule has 0 bridgehead atoms. The maximum Gasteiger partial charge on any atom is 0.320 e. The Morgan fingerprint density at radius 3 is 2.79 bits per heavy atom. The number of carboxylic acids is 1. The second-order valence-corrected chi connectivity index (χ2v) is 3.21. The molecule has 4 nitrogen and oxygen atoms in total. The second kappa shape index (κ2) is 4.11. The van der Waals surface area contributed by atoms with E-state index in [4.69, 9.17) is 10.8 Å². The van der Waals surface area contributed by atoms with Gasteiger partial charge in [-0.15, -0.1) is 0 Å². The molecule has 0 aliphatic heterocycles. The zero-order valence-corrected chi connectivity index (χ0v) is 7.90. The maximum absolute atomic E-state index is 10.5. The number of nitrogens with two attached hydrogens (primary N) is 1. The molecule has 1 rings (SSSR count). The molecule has 1 atom stereocenters. The molecule has 4 N–H and O–H groups in total. The first-order valence-electron chi connectivity index (χ1n) is 4.28. The zero-order chi connectivity index (χ0) is 10.7. The van der Waals surface area contributed by atoms with Crippen LogP contribution in [-0.2, 0) is 11.2 Å². The Hall–Kier alpha value is -1.55. The Kier molecular flexibility index (Phi) is 3.09. The van der Waals surface area contributed by atoms with Gasteiger partial charge in [0.1, 0.15) is 11.8 Å². The molecular weight excluding hydrogens is 182 g/mol. The van der Waals surface area contributed by atoms with Crippen molar-refractivity contribution in [3.8, 4) is 5.75 Å². The van der Waals surface area contributed by atoms with Crippen molar-refractivity contribution in [2.24, 2.45) is 5.73 Å². The monoisotopic (exact) mass is 195 g/mol. The summed E-state index contributed by atoms with van der Waals surface area (Å²) in [5.74, 6) is -0.868. The molecule has 0 aromatic heterocycles. The van der Waals surface area contributed by atoms with E-state index in [0.29, 0.717) is 5.56 Å². The van der Waals surface area contributed by atoms with Gasteiger partial charge < -0.3 is 15.9 Å². The molecule has 0 spiro atoms. The molecule has 0 fully saturated rings. The smallest absolute Gasteiger partial charge is 0.320 e. The van der Waals surface area contributed by atoms with Gasteiger partial charge in [0.25, 0.3) is 0 Å². The largest absolute Gasteiger partial charge is 0.508 e. The lowest BCUT2D eigenvalue weighted by Crippen LogP contribution is -2.32. The lowest BCUT2D eigenvalue weighted by Gasteiger charge is -2.09. The van der Waals surface area contributed by atoms with Gasteiger partial charge in [-0.2, -0.15) is 0 Å². The Labute approximate surface area is 82.0 Å². The van der Waals surface area contributed by atoms with Gasteiger partial charge in [0.05, 0.1) is 0 Å². The van der Waals surface area contributed by atoms with Gasteiger partial charge in [-0.3, -0.25) is 4.79 Å². The van der Waals surface area contributed by atoms with Gasteiger partial charge in [0, 0.05) is 0 Å². The molecule has 1 unspecified atom stereocenters. The van der Waals surface area contributed by atoms with Crippen molar-refractivity contribution in [3.05, 3.63) is 29.3 Å². The normalized spacial score (nSPS) is 12.4. The first kappa shape index (κ1) is 10.5. The van der Waals surface area contributed by atoms with Crippen LogP contribution < -0.4 is 5.73 Å². The van der Waals surface area contributed by atoms with Gasteiger partial charge in [-0.25, -0.2) is 0 Å². The third kappa shape index (κ3) is 2.23. The Morgan fingerprint density at radius 2 is 2.21 bits per heavy atom. The fourth-order valence-electron chi connectivity index (χ4n) is 1.22. The van der Waals surface area contributed by atoms with Crippen LogP contribution in [0.1, 0.15) is 11.1 Å². The topological polar surface area (TPSA) is 83.5 Å².